The molecule has 3 aromatic rings. The summed E-state index contributed by atoms with van der Waals surface area (Å²) in [6.07, 6.45) is 1.98. The first-order valence-electron chi connectivity index (χ1n) is 11.1. The van der Waals surface area contributed by atoms with Gasteiger partial charge < -0.3 is 5.32 Å². The molecule has 1 aliphatic heterocycles. The number of anilines is 1. The summed E-state index contributed by atoms with van der Waals surface area (Å²) in [5, 5.41) is 6.33. The van der Waals surface area contributed by atoms with Crippen LogP contribution in [0.15, 0.2) is 78.4 Å². The molecule has 0 saturated carbocycles. The first kappa shape index (κ1) is 20.1. The van der Waals surface area contributed by atoms with Crippen molar-refractivity contribution in [2.75, 3.05) is 5.32 Å². The van der Waals surface area contributed by atoms with E-state index in [4.69, 9.17) is 0 Å². The maximum absolute atomic E-state index is 14.7. The van der Waals surface area contributed by atoms with Gasteiger partial charge >= 0.3 is 0 Å². The molecule has 0 spiro atoms. The molecule has 0 saturated heterocycles. The Morgan fingerprint density at radius 1 is 1.00 bits per heavy atom. The zero-order valence-corrected chi connectivity index (χ0v) is 18.9. The SMILES string of the molecule is C=C1CC(C)(C)CC2=C1C(c1cccc(C(C)(C)F)c1)Nc1ccc3ccccc3c12. The van der Waals surface area contributed by atoms with E-state index in [1.165, 1.54) is 33.1 Å². The molecular weight excluding hydrogens is 381 g/mol. The topological polar surface area (TPSA) is 12.0 Å². The number of rotatable bonds is 2. The van der Waals surface area contributed by atoms with Crippen molar-refractivity contribution >= 4 is 22.0 Å². The second-order valence-electron chi connectivity index (χ2n) is 10.4. The van der Waals surface area contributed by atoms with Gasteiger partial charge in [0.05, 0.1) is 6.04 Å². The largest absolute Gasteiger partial charge is 0.374 e. The molecule has 0 fully saturated rings. The Kier molecular flexibility index (Phi) is 4.41. The van der Waals surface area contributed by atoms with Crippen LogP contribution in [-0.2, 0) is 5.67 Å². The van der Waals surface area contributed by atoms with E-state index in [0.717, 1.165) is 24.1 Å². The molecule has 0 bridgehead atoms. The fourth-order valence-electron chi connectivity index (χ4n) is 5.41. The van der Waals surface area contributed by atoms with E-state index in [-0.39, 0.29) is 11.5 Å². The number of halogens is 1. The zero-order chi connectivity index (χ0) is 22.0. The number of fused-ring (bicyclic) bond motifs is 4. The lowest BCUT2D eigenvalue weighted by Gasteiger charge is -2.42. The second kappa shape index (κ2) is 6.82. The summed E-state index contributed by atoms with van der Waals surface area (Å²) < 4.78 is 14.7. The Morgan fingerprint density at radius 3 is 2.55 bits per heavy atom. The molecule has 0 amide bonds. The highest BCUT2D eigenvalue weighted by Crippen LogP contribution is 2.54. The third kappa shape index (κ3) is 3.39. The van der Waals surface area contributed by atoms with Crippen LogP contribution >= 0.6 is 0 Å². The maximum atomic E-state index is 14.7. The standard InChI is InChI=1S/C29H30FN/c1-18-16-28(2,3)17-23-25(18)27(20-10-8-11-21(15-20)29(4,5)30)31-24-14-13-19-9-6-7-12-22(19)26(23)24/h6-15,27,31H,1,16-17H2,2-5H3. The molecule has 31 heavy (non-hydrogen) atoms. The Morgan fingerprint density at radius 2 is 1.77 bits per heavy atom. The minimum absolute atomic E-state index is 0.0189. The average molecular weight is 412 g/mol. The van der Waals surface area contributed by atoms with Crippen LogP contribution in [0.4, 0.5) is 10.1 Å². The van der Waals surface area contributed by atoms with Crippen molar-refractivity contribution in [2.24, 2.45) is 5.41 Å². The van der Waals surface area contributed by atoms with Crippen LogP contribution < -0.4 is 5.32 Å². The van der Waals surface area contributed by atoms with Gasteiger partial charge in [-0.3, -0.25) is 0 Å². The highest BCUT2D eigenvalue weighted by atomic mass is 19.1. The number of allylic oxidation sites excluding steroid dienone is 1. The number of hydrogen-bond donors (Lipinski definition) is 1. The van der Waals surface area contributed by atoms with Crippen LogP contribution in [0.3, 0.4) is 0 Å². The quantitative estimate of drug-likeness (QED) is 0.447. The van der Waals surface area contributed by atoms with E-state index in [1.54, 1.807) is 13.8 Å². The van der Waals surface area contributed by atoms with Crippen LogP contribution in [0.25, 0.3) is 16.3 Å². The third-order valence-corrected chi connectivity index (χ3v) is 6.78. The lowest BCUT2D eigenvalue weighted by Crippen LogP contribution is -2.28. The predicted molar refractivity (Wildman–Crippen MR) is 130 cm³/mol. The van der Waals surface area contributed by atoms with Crippen LogP contribution in [0.1, 0.15) is 63.3 Å². The molecular formula is C29H30FN. The van der Waals surface area contributed by atoms with Gasteiger partial charge in [-0.15, -0.1) is 0 Å². The Bertz CT molecular complexity index is 1240. The van der Waals surface area contributed by atoms with E-state index in [9.17, 15) is 4.39 Å². The first-order chi connectivity index (χ1) is 14.6. The molecule has 2 heteroatoms. The van der Waals surface area contributed by atoms with E-state index in [1.807, 2.05) is 18.2 Å². The van der Waals surface area contributed by atoms with E-state index < -0.39 is 5.67 Å². The van der Waals surface area contributed by atoms with Gasteiger partial charge in [0.1, 0.15) is 5.67 Å². The van der Waals surface area contributed by atoms with Crippen molar-refractivity contribution in [1.82, 2.24) is 0 Å². The second-order valence-corrected chi connectivity index (χ2v) is 10.4. The van der Waals surface area contributed by atoms with Crippen molar-refractivity contribution in [3.05, 3.63) is 95.1 Å². The normalized spacial score (nSPS) is 20.3. The van der Waals surface area contributed by atoms with Crippen molar-refractivity contribution in [3.63, 3.8) is 0 Å². The zero-order valence-electron chi connectivity index (χ0n) is 18.9. The molecule has 3 aromatic carbocycles. The first-order valence-corrected chi connectivity index (χ1v) is 11.1. The van der Waals surface area contributed by atoms with Crippen molar-refractivity contribution in [3.8, 4) is 0 Å². The molecule has 2 aliphatic rings. The van der Waals surface area contributed by atoms with Crippen LogP contribution in [0.2, 0.25) is 0 Å². The molecule has 5 rings (SSSR count). The van der Waals surface area contributed by atoms with Gasteiger partial charge in [0.25, 0.3) is 0 Å². The predicted octanol–water partition coefficient (Wildman–Crippen LogP) is 8.34. The van der Waals surface area contributed by atoms with Crippen LogP contribution in [0.5, 0.6) is 0 Å². The monoisotopic (exact) mass is 411 g/mol. The highest BCUT2D eigenvalue weighted by Gasteiger charge is 2.38. The van der Waals surface area contributed by atoms with Crippen LogP contribution in [0, 0.1) is 5.41 Å². The Balaban J connectivity index is 1.76. The van der Waals surface area contributed by atoms with Crippen molar-refractivity contribution in [1.29, 1.82) is 0 Å². The number of nitrogens with one attached hydrogen (secondary N) is 1. The van der Waals surface area contributed by atoms with Gasteiger partial charge in [0.2, 0.25) is 0 Å². The average Bonchev–Trinajstić information content (AvgIpc) is 2.71. The molecule has 0 radical (unpaired) electrons. The van der Waals surface area contributed by atoms with Gasteiger partial charge in [-0.05, 0) is 76.8 Å². The summed E-state index contributed by atoms with van der Waals surface area (Å²) in [5.74, 6) is 0. The fraction of sp³-hybridized carbons (Fsp3) is 0.310. The molecule has 1 nitrogen and oxygen atoms in total. The summed E-state index contributed by atoms with van der Waals surface area (Å²) in [4.78, 5) is 0. The van der Waals surface area contributed by atoms with Gasteiger partial charge in [0, 0.05) is 11.3 Å². The van der Waals surface area contributed by atoms with Gasteiger partial charge in [0.15, 0.2) is 0 Å². The minimum atomic E-state index is -1.37. The molecule has 158 valence electrons. The molecule has 1 N–H and O–H groups in total. The van der Waals surface area contributed by atoms with E-state index in [2.05, 4.69) is 68.2 Å². The lowest BCUT2D eigenvalue weighted by molar-refractivity contribution is 0.221. The van der Waals surface area contributed by atoms with Gasteiger partial charge in [-0.1, -0.05) is 75.0 Å². The van der Waals surface area contributed by atoms with E-state index in [0.29, 0.717) is 5.56 Å². The molecule has 1 atom stereocenters. The molecule has 1 aliphatic carbocycles. The van der Waals surface area contributed by atoms with Crippen LogP contribution in [-0.4, -0.2) is 0 Å². The van der Waals surface area contributed by atoms with Crippen molar-refractivity contribution < 1.29 is 4.39 Å². The highest BCUT2D eigenvalue weighted by molar-refractivity contribution is 6.02. The van der Waals surface area contributed by atoms with Gasteiger partial charge in [-0.2, -0.15) is 0 Å². The minimum Gasteiger partial charge on any atom is -0.374 e. The molecule has 1 unspecified atom stereocenters. The summed E-state index contributed by atoms with van der Waals surface area (Å²) in [6.45, 7) is 12.4. The number of alkyl halides is 1. The Labute approximate surface area is 184 Å². The Hall–Kier alpha value is -2.87. The third-order valence-electron chi connectivity index (χ3n) is 6.78. The number of benzene rings is 3. The summed E-state index contributed by atoms with van der Waals surface area (Å²) in [7, 11) is 0. The smallest absolute Gasteiger partial charge is 0.130 e. The fourth-order valence-corrected chi connectivity index (χ4v) is 5.41. The summed E-state index contributed by atoms with van der Waals surface area (Å²) in [6, 6.07) is 20.9. The summed E-state index contributed by atoms with van der Waals surface area (Å²) in [5.41, 5.74) is 6.91. The number of hydrogen-bond acceptors (Lipinski definition) is 1. The van der Waals surface area contributed by atoms with Crippen molar-refractivity contribution in [2.45, 2.75) is 52.2 Å². The summed E-state index contributed by atoms with van der Waals surface area (Å²) >= 11 is 0. The van der Waals surface area contributed by atoms with Gasteiger partial charge in [-0.25, -0.2) is 4.39 Å². The van der Waals surface area contributed by atoms with E-state index >= 15 is 0 Å². The molecule has 0 aromatic heterocycles. The lowest BCUT2D eigenvalue weighted by atomic mass is 9.66. The maximum Gasteiger partial charge on any atom is 0.130 e. The molecule has 1 heterocycles.